The Kier molecular flexibility index (Phi) is 30.1. The standard InChI is InChI=1S/C34H64O17P2/c1-5-9-13-15-17-21-34(39)51-30(25-45-32(37)20-16-14-10-6-2)27-49-53(42,43)47-23-28(35)22-46-52(40,41)48-26-29(50-33(38)19-12-8-4)24-44-31(36)18-11-7-3/h28-30,35H,5-27H2,1-4H3,(H,40,41)(H,42,43)/t28-,29-,30-/m1/s1. The minimum absolute atomic E-state index is 0.0757. The molecule has 3 N–H and O–H groups in total. The number of carbonyl (C=O) groups excluding carboxylic acids is 4. The van der Waals surface area contributed by atoms with Crippen molar-refractivity contribution >= 4 is 39.5 Å². The maximum atomic E-state index is 12.5. The summed E-state index contributed by atoms with van der Waals surface area (Å²) in [6.07, 6.45) is 6.81. The number of carbonyl (C=O) groups is 4. The third kappa shape index (κ3) is 31.0. The van der Waals surface area contributed by atoms with E-state index >= 15 is 0 Å². The first-order valence-electron chi connectivity index (χ1n) is 18.8. The van der Waals surface area contributed by atoms with Crippen LogP contribution in [-0.4, -0.2) is 96.7 Å². The number of phosphoric ester groups is 2. The van der Waals surface area contributed by atoms with Crippen LogP contribution in [0.4, 0.5) is 0 Å². The van der Waals surface area contributed by atoms with Gasteiger partial charge in [0.2, 0.25) is 0 Å². The molecule has 17 nitrogen and oxygen atoms in total. The molecule has 0 heterocycles. The molecule has 0 amide bonds. The fraction of sp³-hybridized carbons (Fsp3) is 0.882. The van der Waals surface area contributed by atoms with Crippen molar-refractivity contribution in [2.75, 3.05) is 39.6 Å². The summed E-state index contributed by atoms with van der Waals surface area (Å²) in [5.74, 6) is -2.28. The number of hydrogen-bond acceptors (Lipinski definition) is 15. The molecule has 0 bridgehead atoms. The Morgan fingerprint density at radius 1 is 0.453 bits per heavy atom. The van der Waals surface area contributed by atoms with Gasteiger partial charge in [-0.2, -0.15) is 0 Å². The van der Waals surface area contributed by atoms with E-state index in [1.165, 1.54) is 0 Å². The van der Waals surface area contributed by atoms with Gasteiger partial charge < -0.3 is 33.8 Å². The normalized spacial score (nSPS) is 15.4. The van der Waals surface area contributed by atoms with Crippen molar-refractivity contribution in [1.82, 2.24) is 0 Å². The van der Waals surface area contributed by atoms with Gasteiger partial charge in [-0.05, 0) is 25.7 Å². The SMILES string of the molecule is CCCCCCCC(=O)O[C@H](COC(=O)CCCCCC)COP(=O)(O)OC[C@H](O)COP(=O)(O)OC[C@@H](COC(=O)CCCC)OC(=O)CCCC. The highest BCUT2D eigenvalue weighted by molar-refractivity contribution is 7.47. The minimum Gasteiger partial charge on any atom is -0.462 e. The van der Waals surface area contributed by atoms with Crippen molar-refractivity contribution in [1.29, 1.82) is 0 Å². The lowest BCUT2D eigenvalue weighted by molar-refractivity contribution is -0.161. The van der Waals surface area contributed by atoms with Crippen molar-refractivity contribution in [2.45, 2.75) is 155 Å². The van der Waals surface area contributed by atoms with Crippen LogP contribution in [0.2, 0.25) is 0 Å². The molecule has 0 aliphatic rings. The molecule has 19 heteroatoms. The van der Waals surface area contributed by atoms with E-state index in [0.717, 1.165) is 57.8 Å². The number of esters is 4. The van der Waals surface area contributed by atoms with Gasteiger partial charge in [-0.25, -0.2) is 9.13 Å². The zero-order chi connectivity index (χ0) is 40.0. The van der Waals surface area contributed by atoms with Crippen molar-refractivity contribution in [3.63, 3.8) is 0 Å². The molecule has 0 radical (unpaired) electrons. The zero-order valence-corrected chi connectivity index (χ0v) is 33.7. The summed E-state index contributed by atoms with van der Waals surface area (Å²) in [6.45, 7) is 3.87. The van der Waals surface area contributed by atoms with Crippen LogP contribution in [0.25, 0.3) is 0 Å². The summed E-state index contributed by atoms with van der Waals surface area (Å²) in [7, 11) is -9.76. The van der Waals surface area contributed by atoms with Crippen molar-refractivity contribution in [3.8, 4) is 0 Å². The van der Waals surface area contributed by atoms with E-state index in [4.69, 9.17) is 37.0 Å². The average Bonchev–Trinajstić information content (AvgIpc) is 3.12. The van der Waals surface area contributed by atoms with Crippen LogP contribution in [0.1, 0.15) is 137 Å². The Morgan fingerprint density at radius 2 is 0.774 bits per heavy atom. The van der Waals surface area contributed by atoms with Crippen LogP contribution < -0.4 is 0 Å². The molecule has 0 aliphatic carbocycles. The molecule has 0 aromatic carbocycles. The average molecular weight is 807 g/mol. The maximum absolute atomic E-state index is 12.5. The number of unbranched alkanes of at least 4 members (excludes halogenated alkanes) is 9. The van der Waals surface area contributed by atoms with E-state index in [2.05, 4.69) is 6.92 Å². The summed E-state index contributed by atoms with van der Waals surface area (Å²) in [6, 6.07) is 0. The monoisotopic (exact) mass is 806 g/mol. The van der Waals surface area contributed by atoms with Crippen molar-refractivity contribution < 1.29 is 80.2 Å². The minimum atomic E-state index is -4.89. The molecule has 0 rings (SSSR count). The molecule has 0 aliphatic heterocycles. The Bertz CT molecular complexity index is 1110. The van der Waals surface area contributed by atoms with E-state index in [9.17, 15) is 43.2 Å². The number of ether oxygens (including phenoxy) is 4. The van der Waals surface area contributed by atoms with Gasteiger partial charge in [0.25, 0.3) is 0 Å². The van der Waals surface area contributed by atoms with Crippen molar-refractivity contribution in [2.24, 2.45) is 0 Å². The molecule has 0 aromatic heterocycles. The molecule has 53 heavy (non-hydrogen) atoms. The van der Waals surface area contributed by atoms with Gasteiger partial charge in [-0.3, -0.25) is 37.3 Å². The van der Waals surface area contributed by atoms with E-state index in [0.29, 0.717) is 25.7 Å². The second-order valence-corrected chi connectivity index (χ2v) is 15.5. The number of aliphatic hydroxyl groups excluding tert-OH is 1. The van der Waals surface area contributed by atoms with Gasteiger partial charge in [0.05, 0.1) is 26.4 Å². The van der Waals surface area contributed by atoms with Gasteiger partial charge in [-0.15, -0.1) is 0 Å². The third-order valence-corrected chi connectivity index (χ3v) is 9.25. The Morgan fingerprint density at radius 3 is 1.19 bits per heavy atom. The van der Waals surface area contributed by atoms with Crippen LogP contribution in [0.15, 0.2) is 0 Å². The number of hydrogen-bond donors (Lipinski definition) is 3. The van der Waals surface area contributed by atoms with Crippen LogP contribution in [-0.2, 0) is 65.4 Å². The van der Waals surface area contributed by atoms with Gasteiger partial charge in [0.15, 0.2) is 12.2 Å². The Balaban J connectivity index is 5.01. The molecular formula is C34H64O17P2. The largest absolute Gasteiger partial charge is 0.472 e. The molecular weight excluding hydrogens is 742 g/mol. The third-order valence-electron chi connectivity index (χ3n) is 7.35. The molecule has 312 valence electrons. The first kappa shape index (κ1) is 51.1. The summed E-state index contributed by atoms with van der Waals surface area (Å²) < 4.78 is 65.1. The fourth-order valence-electron chi connectivity index (χ4n) is 4.29. The Hall–Kier alpha value is -1.94. The predicted octanol–water partition coefficient (Wildman–Crippen LogP) is 6.24. The van der Waals surface area contributed by atoms with E-state index in [1.54, 1.807) is 0 Å². The highest BCUT2D eigenvalue weighted by Crippen LogP contribution is 2.45. The molecule has 0 spiro atoms. The Labute approximate surface area is 314 Å². The summed E-state index contributed by atoms with van der Waals surface area (Å²) in [5.41, 5.74) is 0. The van der Waals surface area contributed by atoms with Crippen molar-refractivity contribution in [3.05, 3.63) is 0 Å². The van der Waals surface area contributed by atoms with Crippen LogP contribution in [0.3, 0.4) is 0 Å². The molecule has 2 unspecified atom stereocenters. The highest BCUT2D eigenvalue weighted by Gasteiger charge is 2.30. The lowest BCUT2D eigenvalue weighted by Crippen LogP contribution is -2.30. The lowest BCUT2D eigenvalue weighted by Gasteiger charge is -2.21. The maximum Gasteiger partial charge on any atom is 0.472 e. The topological polar surface area (TPSA) is 237 Å². The van der Waals surface area contributed by atoms with E-state index < -0.39 is 97.5 Å². The first-order chi connectivity index (χ1) is 25.2. The predicted molar refractivity (Wildman–Crippen MR) is 192 cm³/mol. The molecule has 0 saturated carbocycles. The highest BCUT2D eigenvalue weighted by atomic mass is 31.2. The second kappa shape index (κ2) is 31.3. The van der Waals surface area contributed by atoms with E-state index in [1.807, 2.05) is 20.8 Å². The smallest absolute Gasteiger partial charge is 0.462 e. The first-order valence-corrected chi connectivity index (χ1v) is 21.8. The quantitative estimate of drug-likeness (QED) is 0.0278. The molecule has 0 aromatic rings. The fourth-order valence-corrected chi connectivity index (χ4v) is 5.87. The number of phosphoric acid groups is 2. The lowest BCUT2D eigenvalue weighted by atomic mass is 10.1. The van der Waals surface area contributed by atoms with Crippen LogP contribution in [0.5, 0.6) is 0 Å². The summed E-state index contributed by atoms with van der Waals surface area (Å²) in [4.78, 5) is 68.8. The van der Waals surface area contributed by atoms with Gasteiger partial charge in [0, 0.05) is 25.7 Å². The van der Waals surface area contributed by atoms with Crippen LogP contribution in [0, 0.1) is 0 Å². The second-order valence-electron chi connectivity index (χ2n) is 12.5. The van der Waals surface area contributed by atoms with E-state index in [-0.39, 0.29) is 25.7 Å². The number of rotatable bonds is 35. The van der Waals surface area contributed by atoms with Crippen LogP contribution >= 0.6 is 15.6 Å². The van der Waals surface area contributed by atoms with Gasteiger partial charge >= 0.3 is 39.5 Å². The van der Waals surface area contributed by atoms with Gasteiger partial charge in [0.1, 0.15) is 19.3 Å². The zero-order valence-electron chi connectivity index (χ0n) is 31.9. The summed E-state index contributed by atoms with van der Waals surface area (Å²) >= 11 is 0. The summed E-state index contributed by atoms with van der Waals surface area (Å²) in [5, 5.41) is 10.2. The number of aliphatic hydroxyl groups is 1. The molecule has 0 saturated heterocycles. The molecule has 5 atom stereocenters. The van der Waals surface area contributed by atoms with Gasteiger partial charge in [-0.1, -0.05) is 85.5 Å². The molecule has 0 fully saturated rings.